The molecule has 1 aliphatic heterocycles. The molecule has 94 valence electrons. The third-order valence-electron chi connectivity index (χ3n) is 3.88. The number of thiazole rings is 1. The van der Waals surface area contributed by atoms with E-state index in [9.17, 15) is 0 Å². The zero-order valence-corrected chi connectivity index (χ0v) is 11.7. The van der Waals surface area contributed by atoms with Crippen LogP contribution in [-0.4, -0.2) is 18.1 Å². The molecule has 0 bridgehead atoms. The van der Waals surface area contributed by atoms with Crippen LogP contribution < -0.4 is 5.32 Å². The van der Waals surface area contributed by atoms with Gasteiger partial charge in [0.15, 0.2) is 0 Å². The summed E-state index contributed by atoms with van der Waals surface area (Å²) in [4.78, 5) is 6.04. The molecule has 2 heterocycles. The average molecular weight is 258 g/mol. The fourth-order valence-electron chi connectivity index (χ4n) is 2.55. The maximum Gasteiger partial charge on any atom is 0.0940 e. The van der Waals surface area contributed by atoms with E-state index in [1.54, 1.807) is 0 Å². The highest BCUT2D eigenvalue weighted by molar-refractivity contribution is 7.11. The van der Waals surface area contributed by atoms with Crippen molar-refractivity contribution in [3.8, 4) is 0 Å². The second-order valence-electron chi connectivity index (χ2n) is 5.18. The third kappa shape index (κ3) is 1.98. The molecule has 0 saturated carbocycles. The van der Waals surface area contributed by atoms with Gasteiger partial charge in [-0.1, -0.05) is 30.3 Å². The first-order valence-corrected chi connectivity index (χ1v) is 7.20. The lowest BCUT2D eigenvalue weighted by Gasteiger charge is -2.43. The molecular weight excluding hydrogens is 240 g/mol. The summed E-state index contributed by atoms with van der Waals surface area (Å²) >= 11 is 1.85. The van der Waals surface area contributed by atoms with Crippen molar-refractivity contribution in [2.75, 3.05) is 13.1 Å². The lowest BCUT2D eigenvalue weighted by atomic mass is 9.73. The standard InChI is InChI=1S/C15H18N2S/c1-11-12(2)18-14(17-11)8-15(9-16-10-15)13-6-4-3-5-7-13/h3-7,16H,8-10H2,1-2H3. The van der Waals surface area contributed by atoms with Gasteiger partial charge in [-0.3, -0.25) is 0 Å². The Hall–Kier alpha value is -1.19. The number of nitrogens with zero attached hydrogens (tertiary/aromatic N) is 1. The Morgan fingerprint density at radius 1 is 1.22 bits per heavy atom. The van der Waals surface area contributed by atoms with Crippen LogP contribution in [0.4, 0.5) is 0 Å². The van der Waals surface area contributed by atoms with E-state index < -0.39 is 0 Å². The molecule has 18 heavy (non-hydrogen) atoms. The Morgan fingerprint density at radius 2 is 1.94 bits per heavy atom. The van der Waals surface area contributed by atoms with Gasteiger partial charge in [-0.2, -0.15) is 0 Å². The van der Waals surface area contributed by atoms with Crippen LogP contribution in [-0.2, 0) is 11.8 Å². The molecule has 0 unspecified atom stereocenters. The maximum absolute atomic E-state index is 4.69. The Morgan fingerprint density at radius 3 is 2.44 bits per heavy atom. The van der Waals surface area contributed by atoms with Crippen LogP contribution in [0.25, 0.3) is 0 Å². The van der Waals surface area contributed by atoms with Crippen molar-refractivity contribution in [3.63, 3.8) is 0 Å². The van der Waals surface area contributed by atoms with Crippen molar-refractivity contribution in [2.45, 2.75) is 25.7 Å². The number of aromatic nitrogens is 1. The Bertz CT molecular complexity index is 521. The largest absolute Gasteiger partial charge is 0.315 e. The predicted octanol–water partition coefficient (Wildman–Crippen LogP) is 2.84. The fraction of sp³-hybridized carbons (Fsp3) is 0.400. The predicted molar refractivity (Wildman–Crippen MR) is 76.3 cm³/mol. The normalized spacial score (nSPS) is 17.4. The molecule has 0 atom stereocenters. The van der Waals surface area contributed by atoms with Crippen LogP contribution in [0.15, 0.2) is 30.3 Å². The number of aryl methyl sites for hydroxylation is 2. The van der Waals surface area contributed by atoms with Crippen molar-refractivity contribution in [1.29, 1.82) is 0 Å². The van der Waals surface area contributed by atoms with E-state index in [1.807, 2.05) is 11.3 Å². The first kappa shape index (κ1) is 11.9. The topological polar surface area (TPSA) is 24.9 Å². The SMILES string of the molecule is Cc1nc(CC2(c3ccccc3)CNC2)sc1C. The molecule has 2 nitrogen and oxygen atoms in total. The van der Waals surface area contributed by atoms with Gasteiger partial charge < -0.3 is 5.32 Å². The van der Waals surface area contributed by atoms with E-state index >= 15 is 0 Å². The molecule has 3 rings (SSSR count). The van der Waals surface area contributed by atoms with Crippen LogP contribution in [0.2, 0.25) is 0 Å². The van der Waals surface area contributed by atoms with Gasteiger partial charge in [-0.15, -0.1) is 11.3 Å². The van der Waals surface area contributed by atoms with Crippen LogP contribution in [0, 0.1) is 13.8 Å². The van der Waals surface area contributed by atoms with Crippen molar-refractivity contribution in [2.24, 2.45) is 0 Å². The summed E-state index contributed by atoms with van der Waals surface area (Å²) in [5.41, 5.74) is 2.89. The van der Waals surface area contributed by atoms with E-state index in [0.29, 0.717) is 0 Å². The molecule has 1 N–H and O–H groups in total. The van der Waals surface area contributed by atoms with Crippen molar-refractivity contribution >= 4 is 11.3 Å². The molecule has 2 aromatic rings. The van der Waals surface area contributed by atoms with Crippen molar-refractivity contribution < 1.29 is 0 Å². The number of benzene rings is 1. The monoisotopic (exact) mass is 258 g/mol. The zero-order chi connectivity index (χ0) is 12.6. The summed E-state index contributed by atoms with van der Waals surface area (Å²) in [6.07, 6.45) is 1.06. The van der Waals surface area contributed by atoms with E-state index in [1.165, 1.54) is 21.1 Å². The molecule has 1 aromatic carbocycles. The summed E-state index contributed by atoms with van der Waals surface area (Å²) in [7, 11) is 0. The number of hydrogen-bond acceptors (Lipinski definition) is 3. The smallest absolute Gasteiger partial charge is 0.0940 e. The summed E-state index contributed by atoms with van der Waals surface area (Å²) in [5, 5.41) is 4.69. The minimum atomic E-state index is 0.262. The molecular formula is C15H18N2S. The first-order chi connectivity index (χ1) is 8.70. The highest BCUT2D eigenvalue weighted by Crippen LogP contribution is 2.34. The van der Waals surface area contributed by atoms with Gasteiger partial charge in [0.2, 0.25) is 0 Å². The quantitative estimate of drug-likeness (QED) is 0.915. The second-order valence-corrected chi connectivity index (χ2v) is 6.46. The molecule has 0 aliphatic carbocycles. The van der Waals surface area contributed by atoms with Gasteiger partial charge in [0, 0.05) is 29.8 Å². The van der Waals surface area contributed by atoms with Crippen LogP contribution >= 0.6 is 11.3 Å². The Kier molecular flexibility index (Phi) is 2.96. The molecule has 3 heteroatoms. The Balaban J connectivity index is 1.89. The molecule has 0 spiro atoms. The average Bonchev–Trinajstić information content (AvgIpc) is 2.64. The maximum atomic E-state index is 4.69. The van der Waals surface area contributed by atoms with Gasteiger partial charge in [0.05, 0.1) is 10.7 Å². The molecule has 0 radical (unpaired) electrons. The minimum absolute atomic E-state index is 0.262. The van der Waals surface area contributed by atoms with Crippen LogP contribution in [0.3, 0.4) is 0 Å². The second kappa shape index (κ2) is 4.48. The van der Waals surface area contributed by atoms with E-state index in [-0.39, 0.29) is 5.41 Å². The van der Waals surface area contributed by atoms with E-state index in [2.05, 4.69) is 49.5 Å². The van der Waals surface area contributed by atoms with E-state index in [0.717, 1.165) is 19.5 Å². The zero-order valence-electron chi connectivity index (χ0n) is 10.9. The highest BCUT2D eigenvalue weighted by Gasteiger charge is 2.39. The lowest BCUT2D eigenvalue weighted by molar-refractivity contribution is 0.274. The van der Waals surface area contributed by atoms with E-state index in [4.69, 9.17) is 4.98 Å². The molecule has 0 amide bonds. The summed E-state index contributed by atoms with van der Waals surface area (Å²) < 4.78 is 0. The summed E-state index contributed by atoms with van der Waals surface area (Å²) in [5.74, 6) is 0. The molecule has 1 saturated heterocycles. The summed E-state index contributed by atoms with van der Waals surface area (Å²) in [6.45, 7) is 6.39. The minimum Gasteiger partial charge on any atom is -0.315 e. The van der Waals surface area contributed by atoms with Gasteiger partial charge in [-0.25, -0.2) is 4.98 Å². The lowest BCUT2D eigenvalue weighted by Crippen LogP contribution is -2.58. The van der Waals surface area contributed by atoms with Crippen molar-refractivity contribution in [3.05, 3.63) is 51.5 Å². The van der Waals surface area contributed by atoms with Crippen LogP contribution in [0.5, 0.6) is 0 Å². The van der Waals surface area contributed by atoms with Gasteiger partial charge in [0.25, 0.3) is 0 Å². The first-order valence-electron chi connectivity index (χ1n) is 6.39. The number of nitrogens with one attached hydrogen (secondary N) is 1. The van der Waals surface area contributed by atoms with Gasteiger partial charge >= 0.3 is 0 Å². The number of rotatable bonds is 3. The van der Waals surface area contributed by atoms with Crippen LogP contribution in [0.1, 0.15) is 21.1 Å². The molecule has 1 aromatic heterocycles. The third-order valence-corrected chi connectivity index (χ3v) is 4.95. The van der Waals surface area contributed by atoms with Gasteiger partial charge in [0.1, 0.15) is 0 Å². The Labute approximate surface area is 112 Å². The molecule has 1 aliphatic rings. The van der Waals surface area contributed by atoms with Crippen molar-refractivity contribution in [1.82, 2.24) is 10.3 Å². The fourth-order valence-corrected chi connectivity index (χ4v) is 3.63. The van der Waals surface area contributed by atoms with Gasteiger partial charge in [-0.05, 0) is 19.4 Å². The summed E-state index contributed by atoms with van der Waals surface area (Å²) in [6, 6.07) is 10.8. The highest BCUT2D eigenvalue weighted by atomic mass is 32.1. The number of hydrogen-bond donors (Lipinski definition) is 1. The molecule has 1 fully saturated rings.